The Morgan fingerprint density at radius 3 is 2.10 bits per heavy atom. The van der Waals surface area contributed by atoms with Crippen LogP contribution in [-0.4, -0.2) is 38.5 Å². The third kappa shape index (κ3) is 6.16. The number of benzene rings is 1. The quantitative estimate of drug-likeness (QED) is 0.772. The molecule has 1 unspecified atom stereocenters. The number of hydrogen-bond acceptors (Lipinski definition) is 4. The van der Waals surface area contributed by atoms with Gasteiger partial charge < -0.3 is 10.4 Å². The van der Waals surface area contributed by atoms with Gasteiger partial charge in [0.2, 0.25) is 0 Å². The lowest BCUT2D eigenvalue weighted by Gasteiger charge is -2.14. The zero-order valence-electron chi connectivity index (χ0n) is 13.3. The lowest BCUT2D eigenvalue weighted by atomic mass is 10.0. The Balaban J connectivity index is 2.64. The minimum Gasteiger partial charge on any atom is -0.391 e. The molecule has 0 heterocycles. The molecule has 1 atom stereocenters. The fourth-order valence-electron chi connectivity index (χ4n) is 2.01. The third-order valence-corrected chi connectivity index (χ3v) is 5.06. The van der Waals surface area contributed by atoms with Gasteiger partial charge in [-0.3, -0.25) is 0 Å². The van der Waals surface area contributed by atoms with Crippen LogP contribution >= 0.6 is 0 Å². The zero-order chi connectivity index (χ0) is 16.0. The Morgan fingerprint density at radius 1 is 1.05 bits per heavy atom. The van der Waals surface area contributed by atoms with Gasteiger partial charge in [-0.1, -0.05) is 39.8 Å². The second-order valence-corrected chi connectivity index (χ2v) is 8.25. The van der Waals surface area contributed by atoms with Crippen LogP contribution in [0.25, 0.3) is 0 Å². The summed E-state index contributed by atoms with van der Waals surface area (Å²) in [6.45, 7) is 9.31. The molecule has 0 spiro atoms. The molecule has 5 heteroatoms. The molecule has 1 aromatic rings. The normalized spacial score (nSPS) is 13.9. The first-order valence-electron chi connectivity index (χ1n) is 7.44. The second-order valence-electron chi connectivity index (χ2n) is 6.21. The second kappa shape index (κ2) is 7.92. The number of nitrogens with one attached hydrogen (secondary N) is 1. The minimum absolute atomic E-state index is 0.251. The van der Waals surface area contributed by atoms with Gasteiger partial charge in [0.15, 0.2) is 9.84 Å². The number of sulfone groups is 1. The Kier molecular flexibility index (Phi) is 6.84. The summed E-state index contributed by atoms with van der Waals surface area (Å²) in [7, 11) is -3.44. The molecule has 4 nitrogen and oxygen atoms in total. The fourth-order valence-corrected chi connectivity index (χ4v) is 3.37. The molecule has 0 aliphatic heterocycles. The predicted octanol–water partition coefficient (Wildman–Crippen LogP) is 2.19. The van der Waals surface area contributed by atoms with Gasteiger partial charge in [-0.05, 0) is 36.1 Å². The molecule has 120 valence electrons. The van der Waals surface area contributed by atoms with E-state index in [2.05, 4.69) is 33.0 Å². The van der Waals surface area contributed by atoms with Crippen LogP contribution < -0.4 is 5.32 Å². The van der Waals surface area contributed by atoms with Crippen LogP contribution in [0.2, 0.25) is 0 Å². The van der Waals surface area contributed by atoms with Crippen molar-refractivity contribution < 1.29 is 13.5 Å². The van der Waals surface area contributed by atoms with Crippen molar-refractivity contribution >= 4 is 9.84 Å². The molecule has 1 aromatic carbocycles. The summed E-state index contributed by atoms with van der Waals surface area (Å²) in [5.41, 5.74) is 1.10. The van der Waals surface area contributed by atoms with E-state index in [0.29, 0.717) is 18.4 Å². The highest BCUT2D eigenvalue weighted by Crippen LogP contribution is 2.18. The van der Waals surface area contributed by atoms with Crippen molar-refractivity contribution in [3.05, 3.63) is 29.8 Å². The van der Waals surface area contributed by atoms with Crippen molar-refractivity contribution in [1.29, 1.82) is 0 Å². The lowest BCUT2D eigenvalue weighted by molar-refractivity contribution is 0.192. The van der Waals surface area contributed by atoms with Crippen molar-refractivity contribution in [3.63, 3.8) is 0 Å². The van der Waals surface area contributed by atoms with E-state index in [1.165, 1.54) is 0 Å². The summed E-state index contributed by atoms with van der Waals surface area (Å²) in [4.78, 5) is 0.273. The number of aliphatic hydroxyl groups is 1. The highest BCUT2D eigenvalue weighted by Gasteiger charge is 2.19. The van der Waals surface area contributed by atoms with E-state index in [0.717, 1.165) is 12.1 Å². The van der Waals surface area contributed by atoms with Gasteiger partial charge in [-0.15, -0.1) is 0 Å². The molecule has 0 aliphatic carbocycles. The van der Waals surface area contributed by atoms with Crippen LogP contribution in [0.5, 0.6) is 0 Å². The van der Waals surface area contributed by atoms with Crippen molar-refractivity contribution in [1.82, 2.24) is 5.32 Å². The molecule has 0 aliphatic rings. The topological polar surface area (TPSA) is 66.4 Å². The van der Waals surface area contributed by atoms with E-state index in [4.69, 9.17) is 0 Å². The monoisotopic (exact) mass is 313 g/mol. The van der Waals surface area contributed by atoms with Crippen molar-refractivity contribution in [2.45, 2.75) is 44.6 Å². The first kappa shape index (κ1) is 18.1. The van der Waals surface area contributed by atoms with Crippen LogP contribution in [0.15, 0.2) is 29.2 Å². The minimum atomic E-state index is -3.44. The molecular formula is C16H27NO3S. The zero-order valence-corrected chi connectivity index (χ0v) is 14.2. The van der Waals surface area contributed by atoms with E-state index in [-0.39, 0.29) is 10.6 Å². The van der Waals surface area contributed by atoms with Crippen molar-refractivity contribution in [2.75, 3.05) is 18.8 Å². The Bertz CT molecular complexity index is 521. The van der Waals surface area contributed by atoms with E-state index in [1.807, 2.05) is 12.1 Å². The molecule has 2 N–H and O–H groups in total. The largest absolute Gasteiger partial charge is 0.391 e. The number of aliphatic hydroxyl groups excluding tert-OH is 1. The Hall–Kier alpha value is -0.910. The maximum absolute atomic E-state index is 12.2. The summed E-state index contributed by atoms with van der Waals surface area (Å²) in [5, 5.41) is 12.9. The Morgan fingerprint density at radius 2 is 1.62 bits per heavy atom. The van der Waals surface area contributed by atoms with Crippen LogP contribution in [0.1, 0.15) is 39.2 Å². The molecule has 1 rings (SSSR count). The molecule has 0 radical (unpaired) electrons. The Labute approximate surface area is 128 Å². The maximum Gasteiger partial charge on any atom is 0.180 e. The van der Waals surface area contributed by atoms with Gasteiger partial charge in [0.25, 0.3) is 0 Å². The summed E-state index contributed by atoms with van der Waals surface area (Å²) in [6.07, 6.45) is -0.890. The highest BCUT2D eigenvalue weighted by molar-refractivity contribution is 7.91. The smallest absolute Gasteiger partial charge is 0.180 e. The molecule has 0 saturated heterocycles. The molecule has 0 bridgehead atoms. The van der Waals surface area contributed by atoms with Crippen molar-refractivity contribution in [3.8, 4) is 0 Å². The summed E-state index contributed by atoms with van der Waals surface area (Å²) < 4.78 is 24.5. The molecule has 0 aromatic heterocycles. The van der Waals surface area contributed by atoms with E-state index >= 15 is 0 Å². The van der Waals surface area contributed by atoms with Crippen LogP contribution in [0.4, 0.5) is 0 Å². The summed E-state index contributed by atoms with van der Waals surface area (Å²) >= 11 is 0. The SMILES string of the molecule is CC(C)CNCC(O)CS(=O)(=O)c1ccc(C(C)C)cc1. The van der Waals surface area contributed by atoms with Gasteiger partial charge in [-0.25, -0.2) is 8.42 Å². The third-order valence-electron chi connectivity index (χ3n) is 3.25. The molecule has 0 amide bonds. The maximum atomic E-state index is 12.2. The van der Waals surface area contributed by atoms with Gasteiger partial charge in [0.1, 0.15) is 0 Å². The number of hydrogen-bond donors (Lipinski definition) is 2. The first-order chi connectivity index (χ1) is 9.72. The van der Waals surface area contributed by atoms with Gasteiger partial charge >= 0.3 is 0 Å². The van der Waals surface area contributed by atoms with Gasteiger partial charge in [0.05, 0.1) is 16.8 Å². The number of rotatable bonds is 8. The fraction of sp³-hybridized carbons (Fsp3) is 0.625. The van der Waals surface area contributed by atoms with E-state index in [9.17, 15) is 13.5 Å². The molecular weight excluding hydrogens is 286 g/mol. The summed E-state index contributed by atoms with van der Waals surface area (Å²) in [6, 6.07) is 6.92. The summed E-state index contributed by atoms with van der Waals surface area (Å²) in [5.74, 6) is 0.587. The standard InChI is InChI=1S/C16H27NO3S/c1-12(2)9-17-10-15(18)11-21(19,20)16-7-5-14(6-8-16)13(3)4/h5-8,12-13,15,17-18H,9-11H2,1-4H3. The first-order valence-corrected chi connectivity index (χ1v) is 9.09. The van der Waals surface area contributed by atoms with E-state index in [1.54, 1.807) is 12.1 Å². The van der Waals surface area contributed by atoms with Gasteiger partial charge in [0, 0.05) is 6.54 Å². The van der Waals surface area contributed by atoms with Crippen LogP contribution in [0, 0.1) is 5.92 Å². The molecule has 21 heavy (non-hydrogen) atoms. The average molecular weight is 313 g/mol. The van der Waals surface area contributed by atoms with E-state index < -0.39 is 15.9 Å². The van der Waals surface area contributed by atoms with Crippen molar-refractivity contribution in [2.24, 2.45) is 5.92 Å². The average Bonchev–Trinajstić information content (AvgIpc) is 2.37. The predicted molar refractivity (Wildman–Crippen MR) is 86.3 cm³/mol. The van der Waals surface area contributed by atoms with Crippen LogP contribution in [-0.2, 0) is 9.84 Å². The highest BCUT2D eigenvalue weighted by atomic mass is 32.2. The molecule has 0 saturated carbocycles. The van der Waals surface area contributed by atoms with Crippen LogP contribution in [0.3, 0.4) is 0 Å². The molecule has 0 fully saturated rings. The van der Waals surface area contributed by atoms with Gasteiger partial charge in [-0.2, -0.15) is 0 Å². The lowest BCUT2D eigenvalue weighted by Crippen LogP contribution is -2.34.